The van der Waals surface area contributed by atoms with Crippen LogP contribution in [0.15, 0.2) is 6.07 Å². The molecule has 1 fully saturated rings. The smallest absolute Gasteiger partial charge is 0.390 e. The van der Waals surface area contributed by atoms with Crippen molar-refractivity contribution in [3.8, 4) is 0 Å². The quantitative estimate of drug-likeness (QED) is 0.627. The van der Waals surface area contributed by atoms with Crippen LogP contribution < -0.4 is 0 Å². The predicted molar refractivity (Wildman–Crippen MR) is 59.1 cm³/mol. The minimum absolute atomic E-state index is 0.208. The van der Waals surface area contributed by atoms with Crippen LogP contribution in [-0.2, 0) is 16.1 Å². The molecule has 0 aliphatic carbocycles. The van der Waals surface area contributed by atoms with E-state index in [9.17, 15) is 14.9 Å². The van der Waals surface area contributed by atoms with Crippen molar-refractivity contribution in [1.29, 1.82) is 0 Å². The number of rotatable bonds is 4. The molecule has 1 saturated heterocycles. The lowest BCUT2D eigenvalue weighted by Gasteiger charge is -2.09. The van der Waals surface area contributed by atoms with E-state index in [1.54, 1.807) is 6.92 Å². The number of carbonyl (C=O) groups is 1. The van der Waals surface area contributed by atoms with Crippen molar-refractivity contribution >= 4 is 11.8 Å². The maximum absolute atomic E-state index is 10.7. The molecule has 1 aliphatic rings. The number of aliphatic carboxylic acids is 1. The average Bonchev–Trinajstić information content (AvgIpc) is 2.87. The fraction of sp³-hybridized carbons (Fsp3) is 0.600. The van der Waals surface area contributed by atoms with Gasteiger partial charge in [-0.25, -0.2) is 4.79 Å². The third-order valence-electron chi connectivity index (χ3n) is 2.91. The van der Waals surface area contributed by atoms with Crippen molar-refractivity contribution < 1.29 is 19.6 Å². The Balaban J connectivity index is 2.02. The van der Waals surface area contributed by atoms with E-state index >= 15 is 0 Å². The number of nitrogens with zero attached hydrogens (tertiary/aromatic N) is 3. The van der Waals surface area contributed by atoms with E-state index < -0.39 is 17.0 Å². The van der Waals surface area contributed by atoms with E-state index in [2.05, 4.69) is 5.10 Å². The molecule has 8 nitrogen and oxygen atoms in total. The highest BCUT2D eigenvalue weighted by molar-refractivity contribution is 5.72. The van der Waals surface area contributed by atoms with E-state index in [4.69, 9.17) is 9.84 Å². The normalized spacial score (nSPS) is 23.2. The van der Waals surface area contributed by atoms with Gasteiger partial charge in [0.25, 0.3) is 0 Å². The van der Waals surface area contributed by atoms with Crippen LogP contribution >= 0.6 is 0 Å². The Morgan fingerprint density at radius 3 is 2.94 bits per heavy atom. The van der Waals surface area contributed by atoms with Crippen LogP contribution in [0.25, 0.3) is 0 Å². The summed E-state index contributed by atoms with van der Waals surface area (Å²) in [6.45, 7) is 2.05. The molecule has 1 aliphatic heterocycles. The number of carboxylic acid groups (broad SMARTS) is 1. The molecule has 2 atom stereocenters. The summed E-state index contributed by atoms with van der Waals surface area (Å²) in [5, 5.41) is 23.2. The molecule has 0 saturated carbocycles. The summed E-state index contributed by atoms with van der Waals surface area (Å²) >= 11 is 0. The molecule has 2 unspecified atom stereocenters. The van der Waals surface area contributed by atoms with Gasteiger partial charge in [-0.05, 0) is 24.7 Å². The highest BCUT2D eigenvalue weighted by Crippen LogP contribution is 2.22. The SMILES string of the molecule is Cc1cc([N+](=O)[O-])nn1CC1CCC(C(=O)O)O1. The monoisotopic (exact) mass is 255 g/mol. The second-order valence-corrected chi connectivity index (χ2v) is 4.25. The minimum Gasteiger partial charge on any atom is -0.479 e. The van der Waals surface area contributed by atoms with Crippen LogP contribution in [0.2, 0.25) is 0 Å². The second-order valence-electron chi connectivity index (χ2n) is 4.25. The summed E-state index contributed by atoms with van der Waals surface area (Å²) in [5.41, 5.74) is 0.657. The standard InChI is InChI=1S/C10H13N3O5/c1-6-4-9(13(16)17)11-12(6)5-7-2-3-8(18-7)10(14)15/h4,7-8H,2-3,5H2,1H3,(H,14,15). The molecule has 0 aromatic carbocycles. The fourth-order valence-electron chi connectivity index (χ4n) is 1.98. The molecular weight excluding hydrogens is 242 g/mol. The van der Waals surface area contributed by atoms with Gasteiger partial charge in [-0.15, -0.1) is 0 Å². The summed E-state index contributed by atoms with van der Waals surface area (Å²) in [7, 11) is 0. The Hall–Kier alpha value is -1.96. The zero-order valence-electron chi connectivity index (χ0n) is 9.78. The molecule has 1 N–H and O–H groups in total. The van der Waals surface area contributed by atoms with Crippen LogP contribution in [-0.4, -0.2) is 38.0 Å². The summed E-state index contributed by atoms with van der Waals surface area (Å²) in [6.07, 6.45) is 0.0390. The maximum atomic E-state index is 10.7. The van der Waals surface area contributed by atoms with Crippen molar-refractivity contribution in [1.82, 2.24) is 9.78 Å². The number of aryl methyl sites for hydroxylation is 1. The molecule has 0 bridgehead atoms. The number of carboxylic acids is 1. The molecule has 18 heavy (non-hydrogen) atoms. The van der Waals surface area contributed by atoms with Gasteiger partial charge in [0.05, 0.1) is 29.5 Å². The summed E-state index contributed by atoms with van der Waals surface area (Å²) in [6, 6.07) is 1.38. The molecule has 98 valence electrons. The van der Waals surface area contributed by atoms with Crippen molar-refractivity contribution in [2.75, 3.05) is 0 Å². The Morgan fingerprint density at radius 1 is 1.72 bits per heavy atom. The lowest BCUT2D eigenvalue weighted by Crippen LogP contribution is -2.23. The average molecular weight is 255 g/mol. The topological polar surface area (TPSA) is 107 Å². The number of ether oxygens (including phenoxy) is 1. The van der Waals surface area contributed by atoms with Gasteiger partial charge < -0.3 is 20.0 Å². The minimum atomic E-state index is -0.972. The summed E-state index contributed by atoms with van der Waals surface area (Å²) in [5.74, 6) is -1.18. The zero-order chi connectivity index (χ0) is 13.3. The van der Waals surface area contributed by atoms with E-state index in [-0.39, 0.29) is 11.9 Å². The maximum Gasteiger partial charge on any atom is 0.390 e. The van der Waals surface area contributed by atoms with Crippen LogP contribution in [0.5, 0.6) is 0 Å². The van der Waals surface area contributed by atoms with E-state index in [0.29, 0.717) is 25.1 Å². The van der Waals surface area contributed by atoms with E-state index in [1.165, 1.54) is 10.7 Å². The van der Waals surface area contributed by atoms with Crippen LogP contribution in [0.1, 0.15) is 18.5 Å². The van der Waals surface area contributed by atoms with Gasteiger partial charge in [0.15, 0.2) is 6.10 Å². The number of hydrogen-bond donors (Lipinski definition) is 1. The Labute approximate surface area is 102 Å². The first-order chi connectivity index (χ1) is 8.47. The summed E-state index contributed by atoms with van der Waals surface area (Å²) in [4.78, 5) is 20.7. The third-order valence-corrected chi connectivity index (χ3v) is 2.91. The van der Waals surface area contributed by atoms with Gasteiger partial charge in [0.2, 0.25) is 0 Å². The number of nitro groups is 1. The van der Waals surface area contributed by atoms with Crippen LogP contribution in [0, 0.1) is 17.0 Å². The molecule has 8 heteroatoms. The first-order valence-electron chi connectivity index (χ1n) is 5.54. The fourth-order valence-corrected chi connectivity index (χ4v) is 1.98. The van der Waals surface area contributed by atoms with Gasteiger partial charge >= 0.3 is 11.8 Å². The molecule has 0 radical (unpaired) electrons. The van der Waals surface area contributed by atoms with Crippen molar-refractivity contribution in [2.24, 2.45) is 0 Å². The Bertz CT molecular complexity index is 484. The molecule has 1 aromatic rings. The van der Waals surface area contributed by atoms with Crippen molar-refractivity contribution in [2.45, 2.75) is 38.5 Å². The number of aromatic nitrogens is 2. The van der Waals surface area contributed by atoms with E-state index in [0.717, 1.165) is 0 Å². The molecule has 2 rings (SSSR count). The van der Waals surface area contributed by atoms with Gasteiger partial charge in [0.1, 0.15) is 0 Å². The van der Waals surface area contributed by atoms with Crippen LogP contribution in [0.3, 0.4) is 0 Å². The lowest BCUT2D eigenvalue weighted by molar-refractivity contribution is -0.389. The van der Waals surface area contributed by atoms with Gasteiger partial charge in [0, 0.05) is 0 Å². The first-order valence-corrected chi connectivity index (χ1v) is 5.54. The third kappa shape index (κ3) is 2.48. The molecule has 0 amide bonds. The van der Waals surface area contributed by atoms with E-state index in [1.807, 2.05) is 0 Å². The molecule has 1 aromatic heterocycles. The lowest BCUT2D eigenvalue weighted by atomic mass is 10.2. The van der Waals surface area contributed by atoms with Gasteiger partial charge in [-0.2, -0.15) is 4.68 Å². The van der Waals surface area contributed by atoms with Crippen molar-refractivity contribution in [3.63, 3.8) is 0 Å². The molecular formula is C10H13N3O5. The highest BCUT2D eigenvalue weighted by Gasteiger charge is 2.32. The van der Waals surface area contributed by atoms with Gasteiger partial charge in [-0.1, -0.05) is 0 Å². The van der Waals surface area contributed by atoms with Crippen LogP contribution in [0.4, 0.5) is 5.82 Å². The largest absolute Gasteiger partial charge is 0.479 e. The summed E-state index contributed by atoms with van der Waals surface area (Å²) < 4.78 is 6.80. The first kappa shape index (κ1) is 12.5. The molecule has 2 heterocycles. The highest BCUT2D eigenvalue weighted by atomic mass is 16.6. The zero-order valence-corrected chi connectivity index (χ0v) is 9.78. The van der Waals surface area contributed by atoms with Gasteiger partial charge in [-0.3, -0.25) is 0 Å². The Kier molecular flexibility index (Phi) is 3.28. The second kappa shape index (κ2) is 4.73. The predicted octanol–water partition coefficient (Wildman–Crippen LogP) is 0.732. The van der Waals surface area contributed by atoms with Crippen molar-refractivity contribution in [3.05, 3.63) is 21.9 Å². The molecule has 0 spiro atoms. The number of hydrogen-bond acceptors (Lipinski definition) is 5. The Morgan fingerprint density at radius 2 is 2.44 bits per heavy atom.